The van der Waals surface area contributed by atoms with E-state index in [-0.39, 0.29) is 6.61 Å². The van der Waals surface area contributed by atoms with E-state index in [9.17, 15) is 9.59 Å². The largest absolute Gasteiger partial charge is 0.481 e. The molecule has 1 rings (SSSR count). The van der Waals surface area contributed by atoms with Crippen molar-refractivity contribution in [3.63, 3.8) is 0 Å². The fraction of sp³-hybridized carbons (Fsp3) is 0.714. The maximum absolute atomic E-state index is 11.1. The van der Waals surface area contributed by atoms with Crippen LogP contribution in [0.1, 0.15) is 13.3 Å². The van der Waals surface area contributed by atoms with Crippen LogP contribution in [-0.2, 0) is 14.3 Å². The Labute approximate surface area is 78.0 Å². The molecular formula is C7H9BrO4. The Kier molecular flexibility index (Phi) is 2.41. The quantitative estimate of drug-likeness (QED) is 0.582. The van der Waals surface area contributed by atoms with E-state index >= 15 is 0 Å². The van der Waals surface area contributed by atoms with Crippen LogP contribution in [0.25, 0.3) is 0 Å². The van der Waals surface area contributed by atoms with Crippen LogP contribution in [0.4, 0.5) is 0 Å². The lowest BCUT2D eigenvalue weighted by molar-refractivity contribution is -0.146. The molecule has 12 heavy (non-hydrogen) atoms. The first kappa shape index (κ1) is 9.51. The smallest absolute Gasteiger partial charge is 0.323 e. The number of hydrogen-bond acceptors (Lipinski definition) is 3. The Hall–Kier alpha value is -0.580. The molecule has 0 aliphatic heterocycles. The van der Waals surface area contributed by atoms with Gasteiger partial charge in [0.05, 0.1) is 12.5 Å². The van der Waals surface area contributed by atoms with Crippen LogP contribution in [-0.4, -0.2) is 28.0 Å². The molecule has 0 heterocycles. The van der Waals surface area contributed by atoms with E-state index in [0.29, 0.717) is 6.42 Å². The van der Waals surface area contributed by atoms with Gasteiger partial charge in [0.15, 0.2) is 0 Å². The molecule has 1 aliphatic carbocycles. The lowest BCUT2D eigenvalue weighted by Crippen LogP contribution is -2.23. The predicted octanol–water partition coefficient (Wildman–Crippen LogP) is 0.788. The number of carboxylic acids is 1. The van der Waals surface area contributed by atoms with Gasteiger partial charge in [-0.05, 0) is 13.3 Å². The van der Waals surface area contributed by atoms with Gasteiger partial charge in [-0.3, -0.25) is 9.59 Å². The maximum atomic E-state index is 11.1. The van der Waals surface area contributed by atoms with E-state index < -0.39 is 22.2 Å². The zero-order chi connectivity index (χ0) is 9.35. The van der Waals surface area contributed by atoms with Crippen LogP contribution >= 0.6 is 15.9 Å². The topological polar surface area (TPSA) is 63.6 Å². The van der Waals surface area contributed by atoms with Crippen LogP contribution in [0.15, 0.2) is 0 Å². The summed E-state index contributed by atoms with van der Waals surface area (Å²) in [4.78, 5) is 21.6. The number of hydrogen-bond donors (Lipinski definition) is 1. The van der Waals surface area contributed by atoms with Gasteiger partial charge in [-0.25, -0.2) is 0 Å². The van der Waals surface area contributed by atoms with E-state index in [1.165, 1.54) is 0 Å². The molecule has 4 nitrogen and oxygen atoms in total. The summed E-state index contributed by atoms with van der Waals surface area (Å²) in [6.45, 7) is 1.96. The van der Waals surface area contributed by atoms with Gasteiger partial charge in [-0.2, -0.15) is 0 Å². The van der Waals surface area contributed by atoms with Crippen LogP contribution in [0.3, 0.4) is 0 Å². The van der Waals surface area contributed by atoms with Gasteiger partial charge in [0, 0.05) is 0 Å². The standard InChI is InChI=1S/C7H9BrO4/c1-2-12-6(11)7(8)3-4(7)5(9)10/h4H,2-3H2,1H3,(H,9,10). The molecule has 1 fully saturated rings. The monoisotopic (exact) mass is 236 g/mol. The number of aliphatic carboxylic acids is 1. The molecule has 68 valence electrons. The zero-order valence-corrected chi connectivity index (χ0v) is 8.13. The van der Waals surface area contributed by atoms with Crippen molar-refractivity contribution in [3.8, 4) is 0 Å². The van der Waals surface area contributed by atoms with E-state index in [0.717, 1.165) is 0 Å². The van der Waals surface area contributed by atoms with E-state index in [2.05, 4.69) is 15.9 Å². The van der Waals surface area contributed by atoms with Crippen molar-refractivity contribution < 1.29 is 19.4 Å². The highest BCUT2D eigenvalue weighted by atomic mass is 79.9. The molecule has 1 saturated carbocycles. The lowest BCUT2D eigenvalue weighted by Gasteiger charge is -2.05. The van der Waals surface area contributed by atoms with E-state index in [4.69, 9.17) is 9.84 Å². The van der Waals surface area contributed by atoms with Gasteiger partial charge in [-0.1, -0.05) is 15.9 Å². The number of rotatable bonds is 3. The van der Waals surface area contributed by atoms with Gasteiger partial charge in [-0.15, -0.1) is 0 Å². The number of carbonyl (C=O) groups is 2. The Bertz CT molecular complexity index is 227. The molecule has 0 aromatic heterocycles. The second-order valence-electron chi connectivity index (χ2n) is 2.68. The molecule has 0 radical (unpaired) electrons. The van der Waals surface area contributed by atoms with E-state index in [1.54, 1.807) is 6.92 Å². The number of alkyl halides is 1. The Morgan fingerprint density at radius 3 is 2.67 bits per heavy atom. The first-order chi connectivity index (χ1) is 5.52. The summed E-state index contributed by atoms with van der Waals surface area (Å²) in [6.07, 6.45) is 0.321. The first-order valence-corrected chi connectivity index (χ1v) is 4.40. The number of ether oxygens (including phenoxy) is 1. The Morgan fingerprint density at radius 2 is 2.33 bits per heavy atom. The van der Waals surface area contributed by atoms with Crippen molar-refractivity contribution in [1.29, 1.82) is 0 Å². The normalized spacial score (nSPS) is 32.7. The van der Waals surface area contributed by atoms with Crippen molar-refractivity contribution in [3.05, 3.63) is 0 Å². The molecule has 5 heteroatoms. The lowest BCUT2D eigenvalue weighted by atomic mass is 10.3. The molecule has 2 unspecified atom stereocenters. The number of carboxylic acid groups (broad SMARTS) is 1. The third-order valence-corrected chi connectivity index (χ3v) is 3.01. The first-order valence-electron chi connectivity index (χ1n) is 3.61. The molecule has 0 saturated heterocycles. The third-order valence-electron chi connectivity index (χ3n) is 1.81. The van der Waals surface area contributed by atoms with Crippen molar-refractivity contribution >= 4 is 27.9 Å². The van der Waals surface area contributed by atoms with Crippen molar-refractivity contribution in [2.75, 3.05) is 6.61 Å². The number of halogens is 1. The molecule has 1 N–H and O–H groups in total. The molecule has 0 amide bonds. The Balaban J connectivity index is 2.54. The van der Waals surface area contributed by atoms with Gasteiger partial charge in [0.25, 0.3) is 0 Å². The summed E-state index contributed by atoms with van der Waals surface area (Å²) < 4.78 is 3.75. The number of esters is 1. The summed E-state index contributed by atoms with van der Waals surface area (Å²) in [6, 6.07) is 0. The number of carbonyl (C=O) groups excluding carboxylic acids is 1. The van der Waals surface area contributed by atoms with E-state index in [1.807, 2.05) is 0 Å². The summed E-state index contributed by atoms with van der Waals surface area (Å²) >= 11 is 3.07. The van der Waals surface area contributed by atoms with Crippen LogP contribution in [0.5, 0.6) is 0 Å². The minimum absolute atomic E-state index is 0.276. The Morgan fingerprint density at radius 1 is 1.75 bits per heavy atom. The van der Waals surface area contributed by atoms with Crippen molar-refractivity contribution in [2.45, 2.75) is 17.7 Å². The fourth-order valence-corrected chi connectivity index (χ4v) is 1.63. The molecule has 0 aromatic carbocycles. The van der Waals surface area contributed by atoms with Crippen molar-refractivity contribution in [2.24, 2.45) is 5.92 Å². The second kappa shape index (κ2) is 3.05. The highest BCUT2D eigenvalue weighted by molar-refractivity contribution is 9.10. The SMILES string of the molecule is CCOC(=O)C1(Br)CC1C(=O)O. The molecular weight excluding hydrogens is 228 g/mol. The molecule has 0 spiro atoms. The molecule has 0 aromatic rings. The summed E-state index contributed by atoms with van der Waals surface area (Å²) in [5.41, 5.74) is 0. The fourth-order valence-electron chi connectivity index (χ4n) is 0.998. The predicted molar refractivity (Wildman–Crippen MR) is 44.0 cm³/mol. The zero-order valence-electron chi connectivity index (χ0n) is 6.54. The average molecular weight is 237 g/mol. The van der Waals surface area contributed by atoms with Crippen molar-refractivity contribution in [1.82, 2.24) is 0 Å². The van der Waals surface area contributed by atoms with Gasteiger partial charge in [0.2, 0.25) is 0 Å². The molecule has 0 bridgehead atoms. The minimum atomic E-state index is -0.958. The summed E-state index contributed by atoms with van der Waals surface area (Å²) in [7, 11) is 0. The summed E-state index contributed by atoms with van der Waals surface area (Å²) in [5, 5.41) is 8.57. The van der Waals surface area contributed by atoms with Crippen LogP contribution < -0.4 is 0 Å². The maximum Gasteiger partial charge on any atom is 0.323 e. The second-order valence-corrected chi connectivity index (χ2v) is 4.09. The summed E-state index contributed by atoms with van der Waals surface area (Å²) in [5.74, 6) is -2.06. The highest BCUT2D eigenvalue weighted by Crippen LogP contribution is 2.52. The highest BCUT2D eigenvalue weighted by Gasteiger charge is 2.63. The van der Waals surface area contributed by atoms with Gasteiger partial charge < -0.3 is 9.84 Å². The molecule has 1 aliphatic rings. The van der Waals surface area contributed by atoms with Crippen LogP contribution in [0, 0.1) is 5.92 Å². The van der Waals surface area contributed by atoms with Gasteiger partial charge in [0.1, 0.15) is 4.32 Å². The average Bonchev–Trinajstić information content (AvgIpc) is 2.65. The third kappa shape index (κ3) is 1.46. The van der Waals surface area contributed by atoms with Gasteiger partial charge >= 0.3 is 11.9 Å². The molecule has 2 atom stereocenters. The van der Waals surface area contributed by atoms with Crippen LogP contribution in [0.2, 0.25) is 0 Å². The minimum Gasteiger partial charge on any atom is -0.481 e.